The Morgan fingerprint density at radius 2 is 2.40 bits per heavy atom. The van der Waals surface area contributed by atoms with Crippen LogP contribution in [0.5, 0.6) is 0 Å². The Morgan fingerprint density at radius 3 is 2.80 bits per heavy atom. The molecule has 1 heterocycles. The maximum absolute atomic E-state index is 10.9. The van der Waals surface area contributed by atoms with Crippen LogP contribution in [-0.2, 0) is 9.53 Å². The summed E-state index contributed by atoms with van der Waals surface area (Å²) in [4.78, 5) is 10.9. The lowest BCUT2D eigenvalue weighted by Crippen LogP contribution is -2.33. The van der Waals surface area contributed by atoms with Gasteiger partial charge >= 0.3 is 0 Å². The lowest BCUT2D eigenvalue weighted by Gasteiger charge is -2.07. The predicted molar refractivity (Wildman–Crippen MR) is 37.5 cm³/mol. The smallest absolute Gasteiger partial charge is 0.162 e. The first-order valence-corrected chi connectivity index (χ1v) is 3.25. The maximum Gasteiger partial charge on any atom is 0.162 e. The lowest BCUT2D eigenvalue weighted by molar-refractivity contribution is -0.118. The number of ketones is 1. The average Bonchev–Trinajstić information content (AvgIpc) is 2.34. The lowest BCUT2D eigenvalue weighted by atomic mass is 10.00. The van der Waals surface area contributed by atoms with Crippen LogP contribution >= 0.6 is 0 Å². The zero-order valence-electron chi connectivity index (χ0n) is 5.75. The molecule has 0 aromatic carbocycles. The first kappa shape index (κ1) is 7.44. The third-order valence-corrected chi connectivity index (χ3v) is 1.69. The van der Waals surface area contributed by atoms with Crippen molar-refractivity contribution < 1.29 is 9.53 Å². The molecule has 10 heavy (non-hydrogen) atoms. The van der Waals surface area contributed by atoms with Crippen molar-refractivity contribution in [1.82, 2.24) is 0 Å². The Kier molecular flexibility index (Phi) is 2.19. The van der Waals surface area contributed by atoms with Gasteiger partial charge in [0.05, 0.1) is 19.1 Å². The molecule has 3 heteroatoms. The Morgan fingerprint density at radius 1 is 1.70 bits per heavy atom. The summed E-state index contributed by atoms with van der Waals surface area (Å²) in [5.41, 5.74) is 5.56. The first-order chi connectivity index (χ1) is 4.75. The monoisotopic (exact) mass is 141 g/mol. The third kappa shape index (κ3) is 1.25. The number of nitrogens with two attached hydrogens (primary N) is 1. The van der Waals surface area contributed by atoms with Crippen molar-refractivity contribution in [3.05, 3.63) is 12.7 Å². The summed E-state index contributed by atoms with van der Waals surface area (Å²) in [5, 5.41) is 0. The van der Waals surface area contributed by atoms with E-state index in [1.54, 1.807) is 0 Å². The molecule has 0 aromatic rings. The van der Waals surface area contributed by atoms with Crippen molar-refractivity contribution in [3.8, 4) is 0 Å². The Labute approximate surface area is 59.8 Å². The molecule has 0 aromatic heterocycles. The average molecular weight is 141 g/mol. The van der Waals surface area contributed by atoms with Gasteiger partial charge in [-0.25, -0.2) is 0 Å². The summed E-state index contributed by atoms with van der Waals surface area (Å²) in [6.07, 6.45) is 1.30. The minimum absolute atomic E-state index is 0.00926. The van der Waals surface area contributed by atoms with E-state index in [1.807, 2.05) is 0 Å². The molecule has 56 valence electrons. The summed E-state index contributed by atoms with van der Waals surface area (Å²) < 4.78 is 5.00. The van der Waals surface area contributed by atoms with E-state index in [1.165, 1.54) is 6.08 Å². The van der Waals surface area contributed by atoms with E-state index in [-0.39, 0.29) is 17.7 Å². The first-order valence-electron chi connectivity index (χ1n) is 3.25. The van der Waals surface area contributed by atoms with Gasteiger partial charge in [0.15, 0.2) is 5.78 Å². The molecule has 1 aliphatic heterocycles. The number of hydrogen-bond donors (Lipinski definition) is 1. The summed E-state index contributed by atoms with van der Waals surface area (Å²) in [6.45, 7) is 4.32. The molecule has 2 unspecified atom stereocenters. The molecule has 0 amide bonds. The topological polar surface area (TPSA) is 52.3 Å². The van der Waals surface area contributed by atoms with E-state index in [2.05, 4.69) is 6.58 Å². The molecular weight excluding hydrogens is 130 g/mol. The molecule has 1 rings (SSSR count). The number of hydrogen-bond acceptors (Lipinski definition) is 3. The highest BCUT2D eigenvalue weighted by Crippen LogP contribution is 2.12. The van der Waals surface area contributed by atoms with Crippen LogP contribution in [0.2, 0.25) is 0 Å². The largest absolute Gasteiger partial charge is 0.379 e. The van der Waals surface area contributed by atoms with E-state index in [4.69, 9.17) is 10.5 Å². The Hall–Kier alpha value is -0.670. The quantitative estimate of drug-likeness (QED) is 0.538. The molecular formula is C7H11NO2. The number of carbonyl (C=O) groups is 1. The van der Waals surface area contributed by atoms with Crippen LogP contribution in [0.15, 0.2) is 12.7 Å². The van der Waals surface area contributed by atoms with Gasteiger partial charge in [0.25, 0.3) is 0 Å². The van der Waals surface area contributed by atoms with Crippen LogP contribution in [-0.4, -0.2) is 25.0 Å². The molecule has 0 bridgehead atoms. The maximum atomic E-state index is 10.9. The molecule has 0 saturated carbocycles. The fourth-order valence-electron chi connectivity index (χ4n) is 1.02. The van der Waals surface area contributed by atoms with Gasteiger partial charge in [-0.15, -0.1) is 0 Å². The second-order valence-corrected chi connectivity index (χ2v) is 2.41. The SMILES string of the molecule is C=CC(=O)C1COCC1N. The van der Waals surface area contributed by atoms with Crippen molar-refractivity contribution in [3.63, 3.8) is 0 Å². The number of allylic oxidation sites excluding steroid dienone is 1. The van der Waals surface area contributed by atoms with Gasteiger partial charge in [0, 0.05) is 6.04 Å². The second kappa shape index (κ2) is 2.94. The zero-order valence-corrected chi connectivity index (χ0v) is 5.75. The molecule has 3 nitrogen and oxygen atoms in total. The molecule has 1 aliphatic rings. The van der Waals surface area contributed by atoms with Gasteiger partial charge in [-0.05, 0) is 6.08 Å². The molecule has 1 saturated heterocycles. The van der Waals surface area contributed by atoms with Gasteiger partial charge in [0.1, 0.15) is 0 Å². The van der Waals surface area contributed by atoms with E-state index in [0.717, 1.165) is 0 Å². The second-order valence-electron chi connectivity index (χ2n) is 2.41. The van der Waals surface area contributed by atoms with Gasteiger partial charge in [-0.2, -0.15) is 0 Å². The van der Waals surface area contributed by atoms with Crippen LogP contribution < -0.4 is 5.73 Å². The van der Waals surface area contributed by atoms with E-state index in [9.17, 15) is 4.79 Å². The number of ether oxygens (including phenoxy) is 1. The van der Waals surface area contributed by atoms with Crippen LogP contribution in [0.25, 0.3) is 0 Å². The Balaban J connectivity index is 2.54. The van der Waals surface area contributed by atoms with Gasteiger partial charge < -0.3 is 10.5 Å². The van der Waals surface area contributed by atoms with Crippen molar-refractivity contribution in [1.29, 1.82) is 0 Å². The summed E-state index contributed by atoms with van der Waals surface area (Å²) >= 11 is 0. The highest BCUT2D eigenvalue weighted by Gasteiger charge is 2.29. The molecule has 0 radical (unpaired) electrons. The predicted octanol–water partition coefficient (Wildman–Crippen LogP) is -0.285. The van der Waals surface area contributed by atoms with Crippen LogP contribution in [0.4, 0.5) is 0 Å². The van der Waals surface area contributed by atoms with E-state index >= 15 is 0 Å². The minimum atomic E-state index is -0.155. The molecule has 0 aliphatic carbocycles. The van der Waals surface area contributed by atoms with Crippen molar-refractivity contribution >= 4 is 5.78 Å². The molecule has 1 fully saturated rings. The van der Waals surface area contributed by atoms with Crippen molar-refractivity contribution in [2.75, 3.05) is 13.2 Å². The number of rotatable bonds is 2. The van der Waals surface area contributed by atoms with Crippen molar-refractivity contribution in [2.24, 2.45) is 11.7 Å². The summed E-state index contributed by atoms with van der Waals surface area (Å²) in [6, 6.07) is -0.134. The fourth-order valence-corrected chi connectivity index (χ4v) is 1.02. The van der Waals surface area contributed by atoms with E-state index < -0.39 is 0 Å². The summed E-state index contributed by atoms with van der Waals surface area (Å²) in [7, 11) is 0. The van der Waals surface area contributed by atoms with Crippen LogP contribution in [0.3, 0.4) is 0 Å². The molecule has 2 atom stereocenters. The molecule has 2 N–H and O–H groups in total. The highest BCUT2D eigenvalue weighted by molar-refractivity contribution is 5.92. The van der Waals surface area contributed by atoms with Gasteiger partial charge in [0.2, 0.25) is 0 Å². The third-order valence-electron chi connectivity index (χ3n) is 1.69. The van der Waals surface area contributed by atoms with Gasteiger partial charge in [-0.1, -0.05) is 6.58 Å². The zero-order chi connectivity index (χ0) is 7.56. The summed E-state index contributed by atoms with van der Waals surface area (Å²) in [5.74, 6) is -0.164. The minimum Gasteiger partial charge on any atom is -0.379 e. The van der Waals surface area contributed by atoms with Crippen molar-refractivity contribution in [2.45, 2.75) is 6.04 Å². The fraction of sp³-hybridized carbons (Fsp3) is 0.571. The van der Waals surface area contributed by atoms with Crippen LogP contribution in [0.1, 0.15) is 0 Å². The molecule has 0 spiro atoms. The standard InChI is InChI=1S/C7H11NO2/c1-2-7(9)5-3-10-4-6(5)8/h2,5-6H,1,3-4,8H2. The highest BCUT2D eigenvalue weighted by atomic mass is 16.5. The van der Waals surface area contributed by atoms with Gasteiger partial charge in [-0.3, -0.25) is 4.79 Å². The Bertz CT molecular complexity index is 156. The normalized spacial score (nSPS) is 32.1. The van der Waals surface area contributed by atoms with E-state index in [0.29, 0.717) is 13.2 Å². The number of carbonyl (C=O) groups excluding carboxylic acids is 1. The van der Waals surface area contributed by atoms with Crippen LogP contribution in [0, 0.1) is 5.92 Å².